The Morgan fingerprint density at radius 1 is 1.50 bits per heavy atom. The molecule has 8 heteroatoms. The summed E-state index contributed by atoms with van der Waals surface area (Å²) in [6.07, 6.45) is -0.273. The highest BCUT2D eigenvalue weighted by atomic mass is 32.2. The van der Waals surface area contributed by atoms with Crippen molar-refractivity contribution >= 4 is 16.0 Å². The van der Waals surface area contributed by atoms with E-state index in [0.29, 0.717) is 24.3 Å². The Hall–Kier alpha value is -1.48. The van der Waals surface area contributed by atoms with Crippen LogP contribution in [-0.2, 0) is 25.2 Å². The van der Waals surface area contributed by atoms with E-state index in [1.807, 2.05) is 0 Å². The highest BCUT2D eigenvalue weighted by molar-refractivity contribution is 7.88. The third kappa shape index (κ3) is 4.04. The topological polar surface area (TPSA) is 98.9 Å². The van der Waals surface area contributed by atoms with E-state index in [-0.39, 0.29) is 24.9 Å². The largest absolute Gasteiger partial charge is 0.465 e. The maximum Gasteiger partial charge on any atom is 0.337 e. The van der Waals surface area contributed by atoms with Gasteiger partial charge >= 0.3 is 5.97 Å². The Balaban J connectivity index is 2.13. The third-order valence-corrected chi connectivity index (χ3v) is 5.27. The molecule has 0 saturated carbocycles. The number of hydrogen-bond donors (Lipinski definition) is 1. The molecule has 0 aromatic heterocycles. The number of hydrogen-bond acceptors (Lipinski definition) is 6. The number of rotatable bonds is 5. The number of nitrogens with zero attached hydrogens (tertiary/aromatic N) is 1. The highest BCUT2D eigenvalue weighted by Gasteiger charge is 2.29. The normalized spacial score (nSPS) is 19.8. The van der Waals surface area contributed by atoms with Gasteiger partial charge < -0.3 is 15.2 Å². The van der Waals surface area contributed by atoms with Crippen molar-refractivity contribution in [3.05, 3.63) is 35.4 Å². The van der Waals surface area contributed by atoms with Crippen molar-refractivity contribution < 1.29 is 22.7 Å². The van der Waals surface area contributed by atoms with Gasteiger partial charge in [0.05, 0.1) is 31.1 Å². The Kier molecular flexibility index (Phi) is 5.52. The lowest BCUT2D eigenvalue weighted by Crippen LogP contribution is -2.48. The highest BCUT2D eigenvalue weighted by Crippen LogP contribution is 2.16. The Bertz CT molecular complexity index is 632. The quantitative estimate of drug-likeness (QED) is 0.762. The Morgan fingerprint density at radius 3 is 2.95 bits per heavy atom. The van der Waals surface area contributed by atoms with Gasteiger partial charge in [-0.05, 0) is 17.7 Å². The standard InChI is InChI=1S/C14H20N2O5S/c1-20-14(17)12-4-2-3-11(7-12)10-22(18,19)16-5-6-21-13(8-15)9-16/h2-4,7,13H,5-6,8-10,15H2,1H3. The lowest BCUT2D eigenvalue weighted by molar-refractivity contribution is 0.00446. The predicted molar refractivity (Wildman–Crippen MR) is 80.8 cm³/mol. The first-order valence-electron chi connectivity index (χ1n) is 6.93. The molecule has 0 amide bonds. The molecule has 2 N–H and O–H groups in total. The maximum atomic E-state index is 12.5. The van der Waals surface area contributed by atoms with E-state index in [9.17, 15) is 13.2 Å². The van der Waals surface area contributed by atoms with Gasteiger partial charge in [-0.3, -0.25) is 0 Å². The zero-order chi connectivity index (χ0) is 16.2. The molecule has 22 heavy (non-hydrogen) atoms. The van der Waals surface area contributed by atoms with Crippen LogP contribution in [0.1, 0.15) is 15.9 Å². The summed E-state index contributed by atoms with van der Waals surface area (Å²) in [5.74, 6) is -0.663. The molecule has 1 aromatic carbocycles. The Morgan fingerprint density at radius 2 is 2.27 bits per heavy atom. The van der Waals surface area contributed by atoms with Crippen LogP contribution in [0.4, 0.5) is 0 Å². The monoisotopic (exact) mass is 328 g/mol. The van der Waals surface area contributed by atoms with Gasteiger partial charge in [0.15, 0.2) is 0 Å². The summed E-state index contributed by atoms with van der Waals surface area (Å²) in [6.45, 7) is 1.19. The summed E-state index contributed by atoms with van der Waals surface area (Å²) in [5, 5.41) is 0. The summed E-state index contributed by atoms with van der Waals surface area (Å²) in [4.78, 5) is 11.5. The van der Waals surface area contributed by atoms with Crippen LogP contribution < -0.4 is 5.73 Å². The first kappa shape index (κ1) is 16.9. The van der Waals surface area contributed by atoms with Gasteiger partial charge in [0.2, 0.25) is 10.0 Å². The van der Waals surface area contributed by atoms with Crippen LogP contribution >= 0.6 is 0 Å². The van der Waals surface area contributed by atoms with Gasteiger partial charge in [-0.2, -0.15) is 4.31 Å². The number of morpholine rings is 1. The van der Waals surface area contributed by atoms with Crippen molar-refractivity contribution in [2.75, 3.05) is 33.4 Å². The molecule has 0 aliphatic carbocycles. The Labute approximate surface area is 130 Å². The minimum atomic E-state index is -3.48. The average Bonchev–Trinajstić information content (AvgIpc) is 2.54. The first-order chi connectivity index (χ1) is 10.5. The zero-order valence-electron chi connectivity index (χ0n) is 12.4. The molecule has 1 aliphatic rings. The van der Waals surface area contributed by atoms with Crippen LogP contribution in [-0.4, -0.2) is 58.1 Å². The van der Waals surface area contributed by atoms with Crippen LogP contribution in [0.25, 0.3) is 0 Å². The number of ether oxygens (including phenoxy) is 2. The molecule has 0 spiro atoms. The van der Waals surface area contributed by atoms with E-state index >= 15 is 0 Å². The van der Waals surface area contributed by atoms with Gasteiger partial charge in [0, 0.05) is 19.6 Å². The fourth-order valence-electron chi connectivity index (χ4n) is 2.30. The van der Waals surface area contributed by atoms with Crippen molar-refractivity contribution in [3.8, 4) is 0 Å². The number of methoxy groups -OCH3 is 1. The van der Waals surface area contributed by atoms with E-state index in [2.05, 4.69) is 4.74 Å². The average molecular weight is 328 g/mol. The van der Waals surface area contributed by atoms with Crippen molar-refractivity contribution in [2.45, 2.75) is 11.9 Å². The number of benzene rings is 1. The fraction of sp³-hybridized carbons (Fsp3) is 0.500. The molecule has 0 radical (unpaired) electrons. The van der Waals surface area contributed by atoms with Crippen molar-refractivity contribution in [3.63, 3.8) is 0 Å². The van der Waals surface area contributed by atoms with Crippen LogP contribution in [0.3, 0.4) is 0 Å². The van der Waals surface area contributed by atoms with Gasteiger partial charge in [0.25, 0.3) is 0 Å². The number of carbonyl (C=O) groups is 1. The molecule has 1 aliphatic heterocycles. The lowest BCUT2D eigenvalue weighted by atomic mass is 10.1. The fourth-order valence-corrected chi connectivity index (χ4v) is 3.82. The minimum absolute atomic E-state index is 0.172. The van der Waals surface area contributed by atoms with E-state index in [1.54, 1.807) is 18.2 Å². The number of carbonyl (C=O) groups excluding carboxylic acids is 1. The van der Waals surface area contributed by atoms with Crippen molar-refractivity contribution in [2.24, 2.45) is 5.73 Å². The van der Waals surface area contributed by atoms with E-state index in [1.165, 1.54) is 17.5 Å². The molecular formula is C14H20N2O5S. The minimum Gasteiger partial charge on any atom is -0.465 e. The van der Waals surface area contributed by atoms with Crippen LogP contribution in [0.2, 0.25) is 0 Å². The van der Waals surface area contributed by atoms with E-state index in [0.717, 1.165) is 0 Å². The van der Waals surface area contributed by atoms with Gasteiger partial charge in [-0.15, -0.1) is 0 Å². The first-order valence-corrected chi connectivity index (χ1v) is 8.54. The van der Waals surface area contributed by atoms with E-state index in [4.69, 9.17) is 10.5 Å². The zero-order valence-corrected chi connectivity index (χ0v) is 13.2. The van der Waals surface area contributed by atoms with E-state index < -0.39 is 16.0 Å². The number of nitrogens with two attached hydrogens (primary N) is 1. The van der Waals surface area contributed by atoms with Gasteiger partial charge in [-0.25, -0.2) is 13.2 Å². The number of sulfonamides is 1. The molecule has 2 rings (SSSR count). The van der Waals surface area contributed by atoms with Crippen molar-refractivity contribution in [1.82, 2.24) is 4.31 Å². The molecule has 1 fully saturated rings. The second kappa shape index (κ2) is 7.19. The molecule has 1 aromatic rings. The summed E-state index contributed by atoms with van der Waals surface area (Å²) < 4.78 is 36.4. The molecule has 1 saturated heterocycles. The summed E-state index contributed by atoms with van der Waals surface area (Å²) in [5.41, 5.74) is 6.40. The molecule has 0 bridgehead atoms. The SMILES string of the molecule is COC(=O)c1cccc(CS(=O)(=O)N2CCOC(CN)C2)c1. The lowest BCUT2D eigenvalue weighted by Gasteiger charge is -2.31. The third-order valence-electron chi connectivity index (χ3n) is 3.45. The predicted octanol–water partition coefficient (Wildman–Crippen LogP) is -0.0375. The molecule has 122 valence electrons. The molecule has 1 unspecified atom stereocenters. The smallest absolute Gasteiger partial charge is 0.337 e. The molecule has 7 nitrogen and oxygen atoms in total. The van der Waals surface area contributed by atoms with Crippen molar-refractivity contribution in [1.29, 1.82) is 0 Å². The maximum absolute atomic E-state index is 12.5. The molecular weight excluding hydrogens is 308 g/mol. The second-order valence-corrected chi connectivity index (χ2v) is 7.00. The summed E-state index contributed by atoms with van der Waals surface area (Å²) in [7, 11) is -2.20. The molecule has 1 atom stereocenters. The van der Waals surface area contributed by atoms with Gasteiger partial charge in [0.1, 0.15) is 0 Å². The number of esters is 1. The van der Waals surface area contributed by atoms with Crippen LogP contribution in [0.15, 0.2) is 24.3 Å². The second-order valence-electron chi connectivity index (χ2n) is 5.03. The summed E-state index contributed by atoms with van der Waals surface area (Å²) >= 11 is 0. The van der Waals surface area contributed by atoms with Gasteiger partial charge in [-0.1, -0.05) is 12.1 Å². The van der Waals surface area contributed by atoms with Crippen LogP contribution in [0.5, 0.6) is 0 Å². The summed E-state index contributed by atoms with van der Waals surface area (Å²) in [6, 6.07) is 6.43. The molecule has 1 heterocycles. The van der Waals surface area contributed by atoms with Crippen LogP contribution in [0, 0.1) is 0 Å².